The molecule has 2 heterocycles. The van der Waals surface area contributed by atoms with Crippen molar-refractivity contribution in [3.63, 3.8) is 0 Å². The molecule has 0 aromatic heterocycles. The van der Waals surface area contributed by atoms with Crippen LogP contribution in [0.4, 0.5) is 5.69 Å². The maximum absolute atomic E-state index is 13.1. The zero-order chi connectivity index (χ0) is 21.3. The molecule has 0 radical (unpaired) electrons. The Balaban J connectivity index is 1.56. The monoisotopic (exact) mass is 430 g/mol. The van der Waals surface area contributed by atoms with Crippen molar-refractivity contribution in [2.24, 2.45) is 5.92 Å². The van der Waals surface area contributed by atoms with E-state index in [1.165, 1.54) is 0 Å². The molecule has 30 heavy (non-hydrogen) atoms. The van der Waals surface area contributed by atoms with Gasteiger partial charge >= 0.3 is 0 Å². The Bertz CT molecular complexity index is 1030. The number of ether oxygens (including phenoxy) is 2. The number of benzene rings is 2. The summed E-state index contributed by atoms with van der Waals surface area (Å²) in [7, 11) is -3.75. The van der Waals surface area contributed by atoms with Crippen molar-refractivity contribution in [1.82, 2.24) is 4.72 Å². The Kier molecular flexibility index (Phi) is 5.71. The standard InChI is InChI=1S/C22H26N2O5S/c1-15(2)22(16-5-10-19-20(14-16)29-13-12-28-19)23-30(26,27)18-8-6-17(7-9-18)24-11-3-4-21(24)25/h5-10,14-15,22-23H,3-4,11-13H2,1-2H3/t22-/m1/s1. The molecule has 2 aromatic carbocycles. The van der Waals surface area contributed by atoms with Crippen LogP contribution in [0.2, 0.25) is 0 Å². The van der Waals surface area contributed by atoms with Gasteiger partial charge in [-0.05, 0) is 54.3 Å². The number of carbonyl (C=O) groups excluding carboxylic acids is 1. The molecule has 2 aliphatic rings. The molecule has 0 unspecified atom stereocenters. The molecule has 160 valence electrons. The third-order valence-corrected chi connectivity index (χ3v) is 6.86. The highest BCUT2D eigenvalue weighted by atomic mass is 32.2. The highest BCUT2D eigenvalue weighted by molar-refractivity contribution is 7.89. The molecule has 8 heteroatoms. The molecule has 1 N–H and O–H groups in total. The van der Waals surface area contributed by atoms with Crippen molar-refractivity contribution in [2.45, 2.75) is 37.6 Å². The molecule has 4 rings (SSSR count). The average molecular weight is 431 g/mol. The van der Waals surface area contributed by atoms with Crippen molar-refractivity contribution in [1.29, 1.82) is 0 Å². The first-order valence-corrected chi connectivity index (χ1v) is 11.7. The summed E-state index contributed by atoms with van der Waals surface area (Å²) in [6, 6.07) is 11.6. The number of carbonyl (C=O) groups is 1. The second kappa shape index (κ2) is 8.28. The molecule has 0 spiro atoms. The topological polar surface area (TPSA) is 84.9 Å². The summed E-state index contributed by atoms with van der Waals surface area (Å²) >= 11 is 0. The van der Waals surface area contributed by atoms with E-state index in [1.807, 2.05) is 32.0 Å². The SMILES string of the molecule is CC(C)[C@@H](NS(=O)(=O)c1ccc(N2CCCC2=O)cc1)c1ccc2c(c1)OCCO2. The third-order valence-electron chi connectivity index (χ3n) is 5.41. The number of anilines is 1. The van der Waals surface area contributed by atoms with E-state index in [0.29, 0.717) is 37.7 Å². The van der Waals surface area contributed by atoms with Crippen molar-refractivity contribution in [3.05, 3.63) is 48.0 Å². The average Bonchev–Trinajstić information content (AvgIpc) is 3.17. The molecule has 2 aromatic rings. The highest BCUT2D eigenvalue weighted by Crippen LogP contribution is 2.35. The summed E-state index contributed by atoms with van der Waals surface area (Å²) in [6.45, 7) is 5.58. The van der Waals surface area contributed by atoms with Gasteiger partial charge < -0.3 is 14.4 Å². The van der Waals surface area contributed by atoms with Crippen LogP contribution in [0.15, 0.2) is 47.4 Å². The van der Waals surface area contributed by atoms with E-state index in [9.17, 15) is 13.2 Å². The first-order chi connectivity index (χ1) is 14.3. The van der Waals surface area contributed by atoms with Gasteiger partial charge in [0.15, 0.2) is 11.5 Å². The first-order valence-electron chi connectivity index (χ1n) is 10.2. The van der Waals surface area contributed by atoms with Crippen LogP contribution in [0.1, 0.15) is 38.3 Å². The molecular formula is C22H26N2O5S. The molecule has 1 fully saturated rings. The molecule has 1 saturated heterocycles. The Labute approximate surface area is 177 Å². The van der Waals surface area contributed by atoms with Crippen LogP contribution in [0.25, 0.3) is 0 Å². The van der Waals surface area contributed by atoms with Crippen molar-refractivity contribution >= 4 is 21.6 Å². The van der Waals surface area contributed by atoms with Crippen LogP contribution in [0, 0.1) is 5.92 Å². The first kappa shape index (κ1) is 20.7. The van der Waals surface area contributed by atoms with E-state index < -0.39 is 16.1 Å². The predicted molar refractivity (Wildman–Crippen MR) is 113 cm³/mol. The van der Waals surface area contributed by atoms with E-state index in [1.54, 1.807) is 29.2 Å². The van der Waals surface area contributed by atoms with E-state index >= 15 is 0 Å². The molecule has 1 atom stereocenters. The number of rotatable bonds is 6. The smallest absolute Gasteiger partial charge is 0.241 e. The minimum Gasteiger partial charge on any atom is -0.486 e. The van der Waals surface area contributed by atoms with E-state index in [4.69, 9.17) is 9.47 Å². The molecular weight excluding hydrogens is 404 g/mol. The summed E-state index contributed by atoms with van der Waals surface area (Å²) < 4.78 is 40.1. The molecule has 7 nitrogen and oxygen atoms in total. The maximum atomic E-state index is 13.1. The minimum absolute atomic E-state index is 0.0174. The summed E-state index contributed by atoms with van der Waals surface area (Å²) in [5, 5.41) is 0. The fourth-order valence-corrected chi connectivity index (χ4v) is 5.18. The highest BCUT2D eigenvalue weighted by Gasteiger charge is 2.27. The largest absolute Gasteiger partial charge is 0.486 e. The lowest BCUT2D eigenvalue weighted by Gasteiger charge is -2.25. The van der Waals surface area contributed by atoms with Crippen LogP contribution >= 0.6 is 0 Å². The lowest BCUT2D eigenvalue weighted by Crippen LogP contribution is -2.32. The number of amides is 1. The van der Waals surface area contributed by atoms with E-state index in [2.05, 4.69) is 4.72 Å². The number of hydrogen-bond donors (Lipinski definition) is 1. The fraction of sp³-hybridized carbons (Fsp3) is 0.409. The van der Waals surface area contributed by atoms with Gasteiger partial charge in [0.2, 0.25) is 15.9 Å². The lowest BCUT2D eigenvalue weighted by molar-refractivity contribution is -0.117. The van der Waals surface area contributed by atoms with Crippen molar-refractivity contribution in [2.75, 3.05) is 24.7 Å². The van der Waals surface area contributed by atoms with E-state index in [0.717, 1.165) is 17.7 Å². The summed E-state index contributed by atoms with van der Waals surface area (Å²) in [6.07, 6.45) is 1.36. The Morgan fingerprint density at radius 1 is 1.00 bits per heavy atom. The second-order valence-corrected chi connectivity index (χ2v) is 9.60. The van der Waals surface area contributed by atoms with E-state index in [-0.39, 0.29) is 16.7 Å². The van der Waals surface area contributed by atoms with Crippen molar-refractivity contribution < 1.29 is 22.7 Å². The Hall–Kier alpha value is -2.58. The molecule has 1 amide bonds. The third kappa shape index (κ3) is 4.15. The quantitative estimate of drug-likeness (QED) is 0.760. The van der Waals surface area contributed by atoms with Crippen LogP contribution in [-0.4, -0.2) is 34.1 Å². The minimum atomic E-state index is -3.75. The van der Waals surface area contributed by atoms with Crippen LogP contribution in [0.5, 0.6) is 11.5 Å². The second-order valence-electron chi connectivity index (χ2n) is 7.89. The maximum Gasteiger partial charge on any atom is 0.241 e. The number of nitrogens with one attached hydrogen (secondary N) is 1. The summed E-state index contributed by atoms with van der Waals surface area (Å²) in [4.78, 5) is 13.8. The van der Waals surface area contributed by atoms with Gasteiger partial charge in [-0.25, -0.2) is 13.1 Å². The Morgan fingerprint density at radius 3 is 2.33 bits per heavy atom. The van der Waals surface area contributed by atoms with Gasteiger partial charge in [-0.1, -0.05) is 19.9 Å². The van der Waals surface area contributed by atoms with Gasteiger partial charge in [0.05, 0.1) is 4.90 Å². The predicted octanol–water partition coefficient (Wildman–Crippen LogP) is 3.26. The summed E-state index contributed by atoms with van der Waals surface area (Å²) in [5.74, 6) is 1.39. The molecule has 0 saturated carbocycles. The van der Waals surface area contributed by atoms with Gasteiger partial charge in [0.25, 0.3) is 0 Å². The zero-order valence-electron chi connectivity index (χ0n) is 17.1. The Morgan fingerprint density at radius 2 is 1.70 bits per heavy atom. The van der Waals surface area contributed by atoms with Gasteiger partial charge in [-0.15, -0.1) is 0 Å². The molecule has 2 aliphatic heterocycles. The fourth-order valence-electron chi connectivity index (χ4n) is 3.80. The number of fused-ring (bicyclic) bond motifs is 1. The van der Waals surface area contributed by atoms with Crippen LogP contribution in [-0.2, 0) is 14.8 Å². The van der Waals surface area contributed by atoms with Gasteiger partial charge in [-0.2, -0.15) is 0 Å². The van der Waals surface area contributed by atoms with Crippen LogP contribution < -0.4 is 19.1 Å². The lowest BCUT2D eigenvalue weighted by atomic mass is 9.97. The number of hydrogen-bond acceptors (Lipinski definition) is 5. The van der Waals surface area contributed by atoms with Gasteiger partial charge in [0.1, 0.15) is 13.2 Å². The van der Waals surface area contributed by atoms with Gasteiger partial charge in [-0.3, -0.25) is 4.79 Å². The summed E-state index contributed by atoms with van der Waals surface area (Å²) in [5.41, 5.74) is 1.54. The molecule has 0 bridgehead atoms. The number of sulfonamides is 1. The zero-order valence-corrected chi connectivity index (χ0v) is 17.9. The number of nitrogens with zero attached hydrogens (tertiary/aromatic N) is 1. The van der Waals surface area contributed by atoms with Crippen molar-refractivity contribution in [3.8, 4) is 11.5 Å². The normalized spacial score (nSPS) is 17.4. The van der Waals surface area contributed by atoms with Crippen LogP contribution in [0.3, 0.4) is 0 Å². The van der Waals surface area contributed by atoms with Gasteiger partial charge in [0, 0.05) is 24.7 Å². The molecule has 0 aliphatic carbocycles.